The Kier molecular flexibility index (Phi) is 5.80. The van der Waals surface area contributed by atoms with E-state index in [4.69, 9.17) is 4.74 Å². The van der Waals surface area contributed by atoms with Gasteiger partial charge in [-0.15, -0.1) is 0 Å². The summed E-state index contributed by atoms with van der Waals surface area (Å²) in [7, 11) is 0. The first-order chi connectivity index (χ1) is 10.1. The quantitative estimate of drug-likeness (QED) is 0.801. The highest BCUT2D eigenvalue weighted by Crippen LogP contribution is 2.28. The smallest absolute Gasteiger partial charge is 0.418 e. The number of ether oxygens (including phenoxy) is 1. The highest BCUT2D eigenvalue weighted by atomic mass is 16.6. The molecule has 0 aromatic rings. The van der Waals surface area contributed by atoms with Crippen LogP contribution in [0.2, 0.25) is 0 Å². The lowest BCUT2D eigenvalue weighted by molar-refractivity contribution is -0.127. The number of hydrogen-bond donors (Lipinski definition) is 0. The Morgan fingerprint density at radius 3 is 2.27 bits per heavy atom. The van der Waals surface area contributed by atoms with Crippen LogP contribution in [-0.2, 0) is 9.53 Å². The molecule has 0 N–H and O–H groups in total. The highest BCUT2D eigenvalue weighted by molar-refractivity contribution is 5.96. The maximum Gasteiger partial charge on any atom is 0.418 e. The van der Waals surface area contributed by atoms with Crippen LogP contribution in [0, 0.1) is 5.92 Å². The molecule has 124 valence electrons. The summed E-state index contributed by atoms with van der Waals surface area (Å²) in [4.78, 5) is 28.2. The molecule has 0 radical (unpaired) electrons. The van der Waals surface area contributed by atoms with E-state index in [9.17, 15) is 9.59 Å². The van der Waals surface area contributed by atoms with E-state index in [1.807, 2.05) is 47.6 Å². The number of carbonyl (C=O) groups is 2. The minimum Gasteiger partial charge on any atom is -0.443 e. The van der Waals surface area contributed by atoms with Crippen molar-refractivity contribution in [3.8, 4) is 0 Å². The molecular formula is C17H28N2O3. The van der Waals surface area contributed by atoms with Crippen molar-refractivity contribution in [2.75, 3.05) is 13.1 Å². The Balaban J connectivity index is 3.11. The first kappa shape index (κ1) is 18.3. The van der Waals surface area contributed by atoms with E-state index in [1.54, 1.807) is 18.0 Å². The molecule has 5 nitrogen and oxygen atoms in total. The molecule has 0 spiro atoms. The fourth-order valence-electron chi connectivity index (χ4n) is 2.42. The van der Waals surface area contributed by atoms with Crippen LogP contribution >= 0.6 is 0 Å². The average molecular weight is 308 g/mol. The van der Waals surface area contributed by atoms with E-state index in [-0.39, 0.29) is 11.8 Å². The maximum absolute atomic E-state index is 12.7. The monoisotopic (exact) mass is 308 g/mol. The molecular weight excluding hydrogens is 280 g/mol. The molecule has 1 aliphatic rings. The molecule has 2 amide bonds. The summed E-state index contributed by atoms with van der Waals surface area (Å²) < 4.78 is 5.40. The molecule has 0 aromatic carbocycles. The fraction of sp³-hybridized carbons (Fsp3) is 0.647. The van der Waals surface area contributed by atoms with Crippen molar-refractivity contribution < 1.29 is 14.3 Å². The van der Waals surface area contributed by atoms with Crippen molar-refractivity contribution in [2.24, 2.45) is 5.92 Å². The second-order valence-electron chi connectivity index (χ2n) is 6.46. The van der Waals surface area contributed by atoms with E-state index in [0.717, 1.165) is 0 Å². The van der Waals surface area contributed by atoms with E-state index in [0.29, 0.717) is 24.4 Å². The van der Waals surface area contributed by atoms with E-state index in [1.165, 1.54) is 4.90 Å². The molecule has 1 atom stereocenters. The van der Waals surface area contributed by atoms with Gasteiger partial charge in [0.25, 0.3) is 5.91 Å². The van der Waals surface area contributed by atoms with Gasteiger partial charge in [-0.25, -0.2) is 4.79 Å². The van der Waals surface area contributed by atoms with Crippen molar-refractivity contribution in [3.63, 3.8) is 0 Å². The second-order valence-corrected chi connectivity index (χ2v) is 6.46. The molecule has 1 heterocycles. The van der Waals surface area contributed by atoms with Gasteiger partial charge in [0.1, 0.15) is 5.60 Å². The van der Waals surface area contributed by atoms with Crippen LogP contribution in [0.3, 0.4) is 0 Å². The molecule has 5 heteroatoms. The highest BCUT2D eigenvalue weighted by Gasteiger charge is 2.31. The summed E-state index contributed by atoms with van der Waals surface area (Å²) in [6.07, 6.45) is 3.08. The number of allylic oxidation sites excluding steroid dienone is 2. The SMILES string of the molecule is CCN(CC)C(=O)C1=C(C)N(C(=O)OC(C)(C)C)C=CC1C. The van der Waals surface area contributed by atoms with E-state index < -0.39 is 11.7 Å². The maximum atomic E-state index is 12.7. The summed E-state index contributed by atoms with van der Waals surface area (Å²) in [5, 5.41) is 0. The summed E-state index contributed by atoms with van der Waals surface area (Å²) >= 11 is 0. The van der Waals surface area contributed by atoms with Crippen molar-refractivity contribution in [3.05, 3.63) is 23.5 Å². The Morgan fingerprint density at radius 1 is 1.27 bits per heavy atom. The Morgan fingerprint density at radius 2 is 1.82 bits per heavy atom. The van der Waals surface area contributed by atoms with Gasteiger partial charge in [0.15, 0.2) is 0 Å². The van der Waals surface area contributed by atoms with Crippen molar-refractivity contribution in [2.45, 2.75) is 54.1 Å². The minimum absolute atomic E-state index is 0.0205. The molecule has 0 aromatic heterocycles. The summed E-state index contributed by atoms with van der Waals surface area (Å²) in [5.41, 5.74) is 0.718. The molecule has 22 heavy (non-hydrogen) atoms. The normalized spacial score (nSPS) is 18.5. The summed E-state index contributed by atoms with van der Waals surface area (Å²) in [5.74, 6) is -0.0419. The van der Waals surface area contributed by atoms with Crippen LogP contribution < -0.4 is 0 Å². The van der Waals surface area contributed by atoms with E-state index in [2.05, 4.69) is 0 Å². The Labute approximate surface area is 133 Å². The molecule has 1 aliphatic heterocycles. The van der Waals surface area contributed by atoms with Crippen LogP contribution in [0.1, 0.15) is 48.5 Å². The zero-order chi connectivity index (χ0) is 17.1. The molecule has 0 saturated heterocycles. The van der Waals surface area contributed by atoms with Gasteiger partial charge in [-0.1, -0.05) is 13.0 Å². The van der Waals surface area contributed by atoms with Gasteiger partial charge in [0.2, 0.25) is 0 Å². The van der Waals surface area contributed by atoms with Crippen LogP contribution in [-0.4, -0.2) is 40.5 Å². The Bertz CT molecular complexity index is 497. The lowest BCUT2D eigenvalue weighted by Crippen LogP contribution is -2.39. The van der Waals surface area contributed by atoms with Crippen LogP contribution in [0.15, 0.2) is 23.5 Å². The number of amides is 2. The van der Waals surface area contributed by atoms with Gasteiger partial charge in [0.05, 0.1) is 0 Å². The number of likely N-dealkylation sites (N-methyl/N-ethyl adjacent to an activating group) is 1. The molecule has 0 aliphatic carbocycles. The summed E-state index contributed by atoms with van der Waals surface area (Å²) in [6.45, 7) is 14.4. The van der Waals surface area contributed by atoms with Crippen molar-refractivity contribution >= 4 is 12.0 Å². The molecule has 0 saturated carbocycles. The average Bonchev–Trinajstić information content (AvgIpc) is 2.37. The lowest BCUT2D eigenvalue weighted by atomic mass is 9.94. The second kappa shape index (κ2) is 6.99. The first-order valence-corrected chi connectivity index (χ1v) is 7.82. The standard InChI is InChI=1S/C17H28N2O3/c1-8-18(9-2)15(20)14-12(3)10-11-19(13(14)4)16(21)22-17(5,6)7/h10-12H,8-9H2,1-7H3. The number of carbonyl (C=O) groups excluding carboxylic acids is 2. The largest absolute Gasteiger partial charge is 0.443 e. The topological polar surface area (TPSA) is 49.9 Å². The Hall–Kier alpha value is -1.78. The number of nitrogens with zero attached hydrogens (tertiary/aromatic N) is 2. The third kappa shape index (κ3) is 4.12. The fourth-order valence-corrected chi connectivity index (χ4v) is 2.42. The van der Waals surface area contributed by atoms with Gasteiger partial charge in [-0.2, -0.15) is 0 Å². The zero-order valence-electron chi connectivity index (χ0n) is 14.8. The number of hydrogen-bond acceptors (Lipinski definition) is 3. The third-order valence-electron chi connectivity index (χ3n) is 3.60. The van der Waals surface area contributed by atoms with E-state index >= 15 is 0 Å². The third-order valence-corrected chi connectivity index (χ3v) is 3.60. The van der Waals surface area contributed by atoms with Gasteiger partial charge < -0.3 is 9.64 Å². The van der Waals surface area contributed by atoms with Gasteiger partial charge in [0, 0.05) is 36.5 Å². The van der Waals surface area contributed by atoms with Gasteiger partial charge in [-0.05, 0) is 41.5 Å². The predicted molar refractivity (Wildman–Crippen MR) is 87.0 cm³/mol. The summed E-state index contributed by atoms with van der Waals surface area (Å²) in [6, 6.07) is 0. The van der Waals surface area contributed by atoms with Crippen molar-refractivity contribution in [1.82, 2.24) is 9.80 Å². The zero-order valence-corrected chi connectivity index (χ0v) is 14.8. The lowest BCUT2D eigenvalue weighted by Gasteiger charge is -2.32. The molecule has 1 rings (SSSR count). The van der Waals surface area contributed by atoms with Gasteiger partial charge in [-0.3, -0.25) is 9.69 Å². The predicted octanol–water partition coefficient (Wildman–Crippen LogP) is 3.53. The van der Waals surface area contributed by atoms with Crippen LogP contribution in [0.5, 0.6) is 0 Å². The van der Waals surface area contributed by atoms with Crippen molar-refractivity contribution in [1.29, 1.82) is 0 Å². The molecule has 0 fully saturated rings. The first-order valence-electron chi connectivity index (χ1n) is 7.82. The number of rotatable bonds is 3. The van der Waals surface area contributed by atoms with Gasteiger partial charge >= 0.3 is 6.09 Å². The minimum atomic E-state index is -0.572. The van der Waals surface area contributed by atoms with Crippen LogP contribution in [0.25, 0.3) is 0 Å². The molecule has 1 unspecified atom stereocenters. The van der Waals surface area contributed by atoms with Crippen LogP contribution in [0.4, 0.5) is 4.79 Å². The molecule has 0 bridgehead atoms.